The van der Waals surface area contributed by atoms with Crippen LogP contribution in [0.3, 0.4) is 0 Å². The number of rotatable bonds is 61. The van der Waals surface area contributed by atoms with Gasteiger partial charge in [0.05, 0.1) is 25.2 Å². The SMILES string of the molecule is CC[C@H](C)[C@H](NC(=O)[C@H](Cc1ccccc1)NC(=O)C(CCC(=O)O)NC(=O)CNN[C@@H](CCC(N)=O)C(=O)NC(C)C(=O)N[C@@H](C)C(=O)C(=O)[C@H](CCCCN)NC)C(=O)N[C@@H](C)C(=O)NC(Cc1c[nH]c2ccccc12)C(=O)N[C@@H](CC(C)C)C(=O)NC(C(=O)N[C@@H](CCCNC(=N)N)C(=O)NCC(=O)N[C@@H](CCCNC(=N)N)C(=O)NCC(=O)O)C(C)C. The number of H-pyrrole nitrogens is 1. The molecule has 0 radical (unpaired) electrons. The van der Waals surface area contributed by atoms with Crippen molar-refractivity contribution in [3.63, 3.8) is 0 Å². The molecule has 126 heavy (non-hydrogen) atoms. The predicted molar refractivity (Wildman–Crippen MR) is 462 cm³/mol. The Bertz CT molecular complexity index is 4220. The molecule has 31 N–H and O–H groups in total. The fourth-order valence-corrected chi connectivity index (χ4v) is 12.8. The maximum absolute atomic E-state index is 15.0. The monoisotopic (exact) mass is 1770 g/mol. The Balaban J connectivity index is 1.90. The van der Waals surface area contributed by atoms with Crippen LogP contribution in [0.15, 0.2) is 60.8 Å². The summed E-state index contributed by atoms with van der Waals surface area (Å²) in [5, 5.41) is 75.5. The maximum atomic E-state index is 15.0. The van der Waals surface area contributed by atoms with Gasteiger partial charge in [0.1, 0.15) is 73.0 Å². The minimum absolute atomic E-state index is 0.0375. The van der Waals surface area contributed by atoms with Gasteiger partial charge in [-0.1, -0.05) is 103 Å². The van der Waals surface area contributed by atoms with Crippen LogP contribution in [0.1, 0.15) is 157 Å². The number of ketones is 2. The van der Waals surface area contributed by atoms with Crippen molar-refractivity contribution >= 4 is 129 Å². The molecule has 0 bridgehead atoms. The number of para-hydroxylation sites is 1. The molecule has 698 valence electrons. The number of aromatic amines is 1. The summed E-state index contributed by atoms with van der Waals surface area (Å²) < 4.78 is 0. The third-order valence-corrected chi connectivity index (χ3v) is 20.1. The lowest BCUT2D eigenvalue weighted by Crippen LogP contribution is -2.61. The molecule has 0 aliphatic heterocycles. The largest absolute Gasteiger partial charge is 0.481 e. The van der Waals surface area contributed by atoms with Crippen molar-refractivity contribution < 1.29 is 96.5 Å². The lowest BCUT2D eigenvalue weighted by atomic mass is 9.96. The van der Waals surface area contributed by atoms with Crippen molar-refractivity contribution in [1.82, 2.24) is 101 Å². The first-order valence-electron chi connectivity index (χ1n) is 41.8. The van der Waals surface area contributed by atoms with Crippen LogP contribution in [-0.2, 0) is 99.1 Å². The number of Topliss-reactive ketones (excluding diaryl/α,β-unsaturated/α-hetero) is 2. The zero-order valence-corrected chi connectivity index (χ0v) is 72.9. The van der Waals surface area contributed by atoms with Crippen molar-refractivity contribution in [2.24, 2.45) is 40.7 Å². The van der Waals surface area contributed by atoms with Gasteiger partial charge in [0.15, 0.2) is 11.9 Å². The maximum Gasteiger partial charge on any atom is 0.322 e. The van der Waals surface area contributed by atoms with Gasteiger partial charge >= 0.3 is 11.9 Å². The van der Waals surface area contributed by atoms with Crippen LogP contribution >= 0.6 is 0 Å². The Kier molecular flexibility index (Phi) is 47.9. The fraction of sp³-hybridized carbons (Fsp3) is 0.580. The zero-order valence-electron chi connectivity index (χ0n) is 72.9. The highest BCUT2D eigenvalue weighted by Gasteiger charge is 2.39. The van der Waals surface area contributed by atoms with Crippen LogP contribution in [-0.4, -0.2) is 258 Å². The number of amides is 14. The molecule has 0 saturated carbocycles. The standard InChI is InChI=1S/C81H129N25O20/c1-11-44(6)66(105-77(124)58(36-48-21-13-12-14-22-48)103-73(120)55(29-31-63(110)111)99-62(109)40-94-106-56(28-30-60(83)107)74(121)96-46(8)69(116)95-45(7)67(114)68(115)52(88-10)25-17-18-32-82)79(126)97-47(9)70(117)101-59(37-49-38-91-51-24-16-15-23-50(49)51)75(122)102-57(35-42(2)3)76(123)104-65(43(4)5)78(125)100-54(27-20-34-90-81(86)87)72(119)92-39-61(108)98-53(26-19-33-89-80(84)85)71(118)93-41-64(112)113/h12-16,21-24,38,42-47,52-59,65-66,88,91,94,106H,11,17-20,25-37,39-41,82H2,1-10H3,(H2,83,107)(H,92,119)(H,93,118)(H,95,116)(H,96,121)(H,97,126)(H,98,108)(H,99,109)(H,100,125)(H,101,117)(H,102,122)(H,103,120)(H,104,123)(H,105,124)(H,110,111)(H,112,113)(H4,84,85,89)(H4,86,87,90)/t44-,45-,46?,47-,52-,53-,54-,55?,56-,57-,58-,59?,65?,66-/m0/s1. The first-order chi connectivity index (χ1) is 59.5. The molecule has 14 atom stereocenters. The first kappa shape index (κ1) is 107. The number of carbonyl (C=O) groups is 18. The van der Waals surface area contributed by atoms with Gasteiger partial charge in [-0.15, -0.1) is 0 Å². The number of primary amides is 1. The molecule has 2 aromatic carbocycles. The Hall–Kier alpha value is -12.8. The van der Waals surface area contributed by atoms with E-state index in [1.165, 1.54) is 27.8 Å². The molecular weight excluding hydrogens is 1640 g/mol. The van der Waals surface area contributed by atoms with Crippen molar-refractivity contribution in [3.05, 3.63) is 71.9 Å². The topological polar surface area (TPSA) is 732 Å². The third-order valence-electron chi connectivity index (χ3n) is 20.1. The normalized spacial score (nSPS) is 14.5. The quantitative estimate of drug-likeness (QED) is 0.00824. The molecule has 3 aromatic rings. The van der Waals surface area contributed by atoms with E-state index >= 15 is 0 Å². The number of aliphatic carboxylic acids is 2. The van der Waals surface area contributed by atoms with Crippen LogP contribution in [0.4, 0.5) is 0 Å². The number of guanidine groups is 2. The van der Waals surface area contributed by atoms with Crippen LogP contribution in [0.5, 0.6) is 0 Å². The molecule has 0 saturated heterocycles. The summed E-state index contributed by atoms with van der Waals surface area (Å²) >= 11 is 0. The number of likely N-dealkylation sites (N-methyl/N-ethyl adjacent to an activating group) is 1. The number of fused-ring (bicyclic) bond motifs is 1. The number of nitrogens with one attached hydrogen (secondary N) is 21. The number of carbonyl (C=O) groups excluding carboxylic acids is 16. The van der Waals surface area contributed by atoms with Crippen molar-refractivity contribution in [3.8, 4) is 0 Å². The minimum atomic E-state index is -1.66. The van der Waals surface area contributed by atoms with E-state index in [1.54, 1.807) is 102 Å². The highest BCUT2D eigenvalue weighted by Crippen LogP contribution is 2.21. The molecule has 1 aromatic heterocycles. The minimum Gasteiger partial charge on any atom is -0.481 e. The van der Waals surface area contributed by atoms with Crippen LogP contribution in [0.25, 0.3) is 10.9 Å². The summed E-state index contributed by atoms with van der Waals surface area (Å²) in [6.45, 7) is 12.2. The lowest BCUT2D eigenvalue weighted by molar-refractivity contribution is -0.140. The van der Waals surface area contributed by atoms with Crippen LogP contribution in [0, 0.1) is 28.6 Å². The molecule has 0 fully saturated rings. The molecule has 3 rings (SSSR count). The molecule has 0 spiro atoms. The van der Waals surface area contributed by atoms with Gasteiger partial charge in [0, 0.05) is 55.9 Å². The van der Waals surface area contributed by atoms with Gasteiger partial charge < -0.3 is 123 Å². The number of hydrazine groups is 1. The molecule has 4 unspecified atom stereocenters. The van der Waals surface area contributed by atoms with E-state index in [9.17, 15) is 91.4 Å². The second kappa shape index (κ2) is 56.2. The average molecular weight is 1770 g/mol. The van der Waals surface area contributed by atoms with Gasteiger partial charge in [0.25, 0.3) is 0 Å². The van der Waals surface area contributed by atoms with E-state index in [0.717, 1.165) is 0 Å². The molecular formula is C81H129N25O20. The zero-order chi connectivity index (χ0) is 94.4. The number of unbranched alkanes of at least 4 members (excludes halogenated alkanes) is 1. The van der Waals surface area contributed by atoms with Gasteiger partial charge in [-0.2, -0.15) is 0 Å². The number of carboxylic acid groups (broad SMARTS) is 2. The molecule has 0 aliphatic carbocycles. The van der Waals surface area contributed by atoms with E-state index in [1.807, 2.05) is 0 Å². The van der Waals surface area contributed by atoms with E-state index in [0.29, 0.717) is 47.8 Å². The van der Waals surface area contributed by atoms with E-state index in [2.05, 4.69) is 101 Å². The lowest BCUT2D eigenvalue weighted by Gasteiger charge is -2.29. The highest BCUT2D eigenvalue weighted by atomic mass is 16.4. The number of benzene rings is 2. The summed E-state index contributed by atoms with van der Waals surface area (Å²) in [6, 6.07) is -2.66. The molecule has 14 amide bonds. The second-order valence-corrected chi connectivity index (χ2v) is 31.3. The first-order valence-corrected chi connectivity index (χ1v) is 41.8. The summed E-state index contributed by atoms with van der Waals surface area (Å²) in [5.74, 6) is -19.5. The second-order valence-electron chi connectivity index (χ2n) is 31.3. The Labute approximate surface area is 730 Å². The summed E-state index contributed by atoms with van der Waals surface area (Å²) in [6.07, 6.45) is 1.12. The summed E-state index contributed by atoms with van der Waals surface area (Å²) in [5.41, 5.74) is 28.6. The van der Waals surface area contributed by atoms with Crippen molar-refractivity contribution in [1.29, 1.82) is 10.8 Å². The number of aromatic nitrogens is 1. The van der Waals surface area contributed by atoms with Gasteiger partial charge in [0.2, 0.25) is 94.3 Å². The Morgan fingerprint density at radius 1 is 0.429 bits per heavy atom. The van der Waals surface area contributed by atoms with E-state index in [4.69, 9.17) is 38.9 Å². The number of carboxylic acids is 2. The molecule has 0 aliphatic rings. The number of nitrogens with two attached hydrogens (primary N) is 4. The van der Waals surface area contributed by atoms with Gasteiger partial charge in [-0.05, 0) is 127 Å². The third kappa shape index (κ3) is 39.8. The summed E-state index contributed by atoms with van der Waals surface area (Å²) in [7, 11) is 1.51. The molecule has 45 nitrogen and oxygen atoms in total. The number of hydrogen-bond donors (Lipinski definition) is 27. The fourth-order valence-electron chi connectivity index (χ4n) is 12.8. The smallest absolute Gasteiger partial charge is 0.322 e. The molecule has 1 heterocycles. The van der Waals surface area contributed by atoms with Crippen LogP contribution in [0.2, 0.25) is 0 Å². The van der Waals surface area contributed by atoms with E-state index < -0.39 is 229 Å². The van der Waals surface area contributed by atoms with Crippen molar-refractivity contribution in [2.75, 3.05) is 46.3 Å². The Morgan fingerprint density at radius 2 is 0.897 bits per heavy atom. The Morgan fingerprint density at radius 3 is 1.46 bits per heavy atom. The summed E-state index contributed by atoms with van der Waals surface area (Å²) in [4.78, 5) is 248. The van der Waals surface area contributed by atoms with Crippen LogP contribution < -0.4 is 119 Å². The average Bonchev–Trinajstić information content (AvgIpc) is 1.59. The van der Waals surface area contributed by atoms with E-state index in [-0.39, 0.29) is 95.1 Å². The predicted octanol–water partition coefficient (Wildman–Crippen LogP) is -5.61. The molecule has 45 heteroatoms. The van der Waals surface area contributed by atoms with Crippen molar-refractivity contribution in [2.45, 2.75) is 237 Å². The van der Waals surface area contributed by atoms with Gasteiger partial charge in [-0.25, -0.2) is 10.9 Å². The van der Waals surface area contributed by atoms with Gasteiger partial charge in [-0.3, -0.25) is 97.1 Å². The highest BCUT2D eigenvalue weighted by molar-refractivity contribution is 6.41. The number of hydrogen-bond acceptors (Lipinski definition) is 24.